The van der Waals surface area contributed by atoms with E-state index in [2.05, 4.69) is 60.5 Å². The van der Waals surface area contributed by atoms with Crippen LogP contribution in [-0.4, -0.2) is 47.1 Å². The molecule has 210 valence electrons. The van der Waals surface area contributed by atoms with Gasteiger partial charge in [0.2, 0.25) is 0 Å². The van der Waals surface area contributed by atoms with Crippen molar-refractivity contribution in [3.8, 4) is 22.5 Å². The Morgan fingerprint density at radius 3 is 2.38 bits per heavy atom. The lowest BCUT2D eigenvalue weighted by Crippen LogP contribution is -2.25. The third-order valence-electron chi connectivity index (χ3n) is 6.76. The number of ether oxygens (including phenoxy) is 1. The average molecular weight is 543 g/mol. The fourth-order valence-electron chi connectivity index (χ4n) is 4.92. The number of halogens is 1. The van der Waals surface area contributed by atoms with Gasteiger partial charge in [-0.15, -0.1) is 0 Å². The molecule has 40 heavy (non-hydrogen) atoms. The predicted molar refractivity (Wildman–Crippen MR) is 161 cm³/mol. The van der Waals surface area contributed by atoms with Gasteiger partial charge in [0.15, 0.2) is 5.82 Å². The first-order valence-corrected chi connectivity index (χ1v) is 14.3. The summed E-state index contributed by atoms with van der Waals surface area (Å²) in [5.74, 6) is 0.528. The maximum absolute atomic E-state index is 14.1. The minimum atomic E-state index is -0.349. The molecular formula is C33H39FN4O2. The maximum atomic E-state index is 14.1. The molecule has 0 aliphatic heterocycles. The third-order valence-corrected chi connectivity index (χ3v) is 6.76. The highest BCUT2D eigenvalue weighted by Crippen LogP contribution is 2.29. The van der Waals surface area contributed by atoms with E-state index in [1.165, 1.54) is 23.3 Å². The highest BCUT2D eigenvalue weighted by molar-refractivity contribution is 5.90. The van der Waals surface area contributed by atoms with Crippen LogP contribution in [0, 0.1) is 5.82 Å². The van der Waals surface area contributed by atoms with E-state index in [9.17, 15) is 9.18 Å². The molecule has 1 heterocycles. The van der Waals surface area contributed by atoms with Crippen LogP contribution >= 0.6 is 0 Å². The smallest absolute Gasteiger partial charge is 0.305 e. The van der Waals surface area contributed by atoms with Crippen LogP contribution in [0.1, 0.15) is 52.0 Å². The first-order valence-electron chi connectivity index (χ1n) is 14.3. The van der Waals surface area contributed by atoms with E-state index in [4.69, 9.17) is 14.7 Å². The molecule has 0 unspecified atom stereocenters. The molecule has 6 nitrogen and oxygen atoms in total. The lowest BCUT2D eigenvalue weighted by atomic mass is 9.98. The minimum Gasteiger partial charge on any atom is -0.466 e. The number of benzene rings is 3. The molecular weight excluding hydrogens is 503 g/mol. The van der Waals surface area contributed by atoms with Crippen molar-refractivity contribution in [2.75, 3.05) is 31.6 Å². The minimum absolute atomic E-state index is 0.228. The van der Waals surface area contributed by atoms with Crippen LogP contribution in [0.25, 0.3) is 33.4 Å². The number of anilines is 1. The summed E-state index contributed by atoms with van der Waals surface area (Å²) in [7, 11) is 0. The topological polar surface area (TPSA) is 67.4 Å². The largest absolute Gasteiger partial charge is 0.466 e. The Balaban J connectivity index is 1.58. The van der Waals surface area contributed by atoms with Gasteiger partial charge in [0.25, 0.3) is 0 Å². The molecule has 3 aromatic carbocycles. The second-order valence-electron chi connectivity index (χ2n) is 9.90. The highest BCUT2D eigenvalue weighted by Gasteiger charge is 2.13. The number of hydrogen-bond donors (Lipinski definition) is 1. The number of carbonyl (C=O) groups excluding carboxylic acids is 1. The van der Waals surface area contributed by atoms with Crippen molar-refractivity contribution in [3.63, 3.8) is 0 Å². The second kappa shape index (κ2) is 14.5. The molecule has 0 radical (unpaired) electrons. The maximum Gasteiger partial charge on any atom is 0.305 e. The van der Waals surface area contributed by atoms with E-state index in [-0.39, 0.29) is 11.8 Å². The Morgan fingerprint density at radius 1 is 0.925 bits per heavy atom. The van der Waals surface area contributed by atoms with Crippen molar-refractivity contribution in [1.29, 1.82) is 0 Å². The molecule has 4 aromatic rings. The van der Waals surface area contributed by atoms with Crippen LogP contribution in [-0.2, 0) is 16.1 Å². The van der Waals surface area contributed by atoms with Gasteiger partial charge in [-0.3, -0.25) is 9.69 Å². The molecule has 0 saturated heterocycles. The molecule has 1 aromatic heterocycles. The normalized spacial score (nSPS) is 11.2. The highest BCUT2D eigenvalue weighted by atomic mass is 19.1. The van der Waals surface area contributed by atoms with Gasteiger partial charge in [-0.1, -0.05) is 62.4 Å². The Labute approximate surface area is 236 Å². The van der Waals surface area contributed by atoms with Gasteiger partial charge in [-0.2, -0.15) is 0 Å². The number of nitrogens with zero attached hydrogens (tertiary/aromatic N) is 3. The van der Waals surface area contributed by atoms with Crippen LogP contribution < -0.4 is 5.32 Å². The van der Waals surface area contributed by atoms with Gasteiger partial charge in [-0.05, 0) is 74.2 Å². The first-order chi connectivity index (χ1) is 19.5. The summed E-state index contributed by atoms with van der Waals surface area (Å²) in [4.78, 5) is 23.7. The number of rotatable bonds is 14. The Kier molecular flexibility index (Phi) is 10.6. The fraction of sp³-hybridized carbons (Fsp3) is 0.364. The van der Waals surface area contributed by atoms with Crippen LogP contribution in [0.3, 0.4) is 0 Å². The summed E-state index contributed by atoms with van der Waals surface area (Å²) in [5.41, 5.74) is 5.22. The van der Waals surface area contributed by atoms with Crippen LogP contribution in [0.5, 0.6) is 0 Å². The molecule has 4 rings (SSSR count). The predicted octanol–water partition coefficient (Wildman–Crippen LogP) is 7.48. The number of esters is 1. The molecule has 0 aliphatic rings. The van der Waals surface area contributed by atoms with Crippen molar-refractivity contribution in [2.45, 2.75) is 53.0 Å². The molecule has 1 N–H and O–H groups in total. The SMILES string of the molecule is CCCN(CCC)Cc1ccccc1-c1ccc(-c2nc(NCCCC(=O)OCC)c3cc(F)ccc3n2)cc1. The first kappa shape index (κ1) is 29.2. The molecule has 0 amide bonds. The van der Waals surface area contributed by atoms with Crippen molar-refractivity contribution in [2.24, 2.45) is 0 Å². The van der Waals surface area contributed by atoms with E-state index in [0.717, 1.165) is 43.6 Å². The summed E-state index contributed by atoms with van der Waals surface area (Å²) < 4.78 is 19.1. The van der Waals surface area contributed by atoms with E-state index < -0.39 is 0 Å². The standard InChI is InChI=1S/C33H39FN4O2/c1-4-20-38(21-5-2)23-26-10-7-8-11-28(26)24-13-15-25(16-14-24)32-36-30-18-17-27(34)22-29(30)33(37-32)35-19-9-12-31(39)40-6-3/h7-8,10-11,13-18,22H,4-6,9,12,19-21,23H2,1-3H3,(H,35,36,37). The molecule has 7 heteroatoms. The monoisotopic (exact) mass is 542 g/mol. The van der Waals surface area contributed by atoms with Crippen molar-refractivity contribution in [1.82, 2.24) is 14.9 Å². The number of hydrogen-bond acceptors (Lipinski definition) is 6. The number of carbonyl (C=O) groups is 1. The van der Waals surface area contributed by atoms with E-state index in [1.54, 1.807) is 13.0 Å². The van der Waals surface area contributed by atoms with Gasteiger partial charge < -0.3 is 10.1 Å². The molecule has 0 atom stereocenters. The summed E-state index contributed by atoms with van der Waals surface area (Å²) >= 11 is 0. The van der Waals surface area contributed by atoms with E-state index in [1.807, 2.05) is 12.1 Å². The van der Waals surface area contributed by atoms with Crippen molar-refractivity contribution < 1.29 is 13.9 Å². The summed E-state index contributed by atoms with van der Waals surface area (Å²) in [6.07, 6.45) is 3.16. The number of nitrogens with one attached hydrogen (secondary N) is 1. The fourth-order valence-corrected chi connectivity index (χ4v) is 4.92. The number of aromatic nitrogens is 2. The zero-order valence-corrected chi connectivity index (χ0v) is 23.8. The van der Waals surface area contributed by atoms with Gasteiger partial charge >= 0.3 is 5.97 Å². The van der Waals surface area contributed by atoms with Gasteiger partial charge in [0, 0.05) is 30.5 Å². The number of fused-ring (bicyclic) bond motifs is 1. The molecule has 0 fully saturated rings. The van der Waals surface area contributed by atoms with Gasteiger partial charge in [-0.25, -0.2) is 14.4 Å². The van der Waals surface area contributed by atoms with Gasteiger partial charge in [0.1, 0.15) is 11.6 Å². The Morgan fingerprint density at radius 2 is 1.65 bits per heavy atom. The van der Waals surface area contributed by atoms with E-state index in [0.29, 0.717) is 48.5 Å². The zero-order valence-electron chi connectivity index (χ0n) is 23.8. The lowest BCUT2D eigenvalue weighted by molar-refractivity contribution is -0.143. The van der Waals surface area contributed by atoms with Crippen LogP contribution in [0.15, 0.2) is 66.7 Å². The summed E-state index contributed by atoms with van der Waals surface area (Å²) in [6.45, 7) is 10.2. The van der Waals surface area contributed by atoms with E-state index >= 15 is 0 Å². The van der Waals surface area contributed by atoms with Crippen LogP contribution in [0.4, 0.5) is 10.2 Å². The zero-order chi connectivity index (χ0) is 28.3. The molecule has 0 saturated carbocycles. The second-order valence-corrected chi connectivity index (χ2v) is 9.90. The quantitative estimate of drug-likeness (QED) is 0.132. The average Bonchev–Trinajstić information content (AvgIpc) is 2.96. The third kappa shape index (κ3) is 7.63. The Bertz CT molecular complexity index is 1400. The van der Waals surface area contributed by atoms with Gasteiger partial charge in [0.05, 0.1) is 12.1 Å². The van der Waals surface area contributed by atoms with Crippen molar-refractivity contribution >= 4 is 22.7 Å². The molecule has 0 spiro atoms. The molecule has 0 bridgehead atoms. The lowest BCUT2D eigenvalue weighted by Gasteiger charge is -2.22. The summed E-state index contributed by atoms with van der Waals surface area (Å²) in [6, 6.07) is 21.4. The summed E-state index contributed by atoms with van der Waals surface area (Å²) in [5, 5.41) is 3.88. The van der Waals surface area contributed by atoms with Crippen LogP contribution in [0.2, 0.25) is 0 Å². The molecule has 0 aliphatic carbocycles. The van der Waals surface area contributed by atoms with Crippen molar-refractivity contribution in [3.05, 3.63) is 78.1 Å². The Hall–Kier alpha value is -3.84.